The van der Waals surface area contributed by atoms with Crippen molar-refractivity contribution in [1.29, 1.82) is 0 Å². The van der Waals surface area contributed by atoms with Crippen molar-refractivity contribution in [2.24, 2.45) is 11.3 Å². The topological polar surface area (TPSA) is 9.23 Å². The SMILES string of the molecule is C[C@@H]1CC[C@H]2C(C)(C)CC=C[C@@]2(C)O1. The van der Waals surface area contributed by atoms with E-state index < -0.39 is 0 Å². The van der Waals surface area contributed by atoms with E-state index in [-0.39, 0.29) is 5.60 Å². The maximum atomic E-state index is 6.13. The van der Waals surface area contributed by atoms with E-state index in [0.717, 1.165) is 0 Å². The molecule has 0 amide bonds. The normalized spacial score (nSPS) is 46.0. The van der Waals surface area contributed by atoms with Crippen LogP contribution in [0.3, 0.4) is 0 Å². The third-order valence-electron chi connectivity index (χ3n) is 4.04. The lowest BCUT2D eigenvalue weighted by Gasteiger charge is -2.51. The Morgan fingerprint density at radius 3 is 2.64 bits per heavy atom. The highest BCUT2D eigenvalue weighted by Gasteiger charge is 2.47. The Labute approximate surface area is 87.5 Å². The van der Waals surface area contributed by atoms with Crippen LogP contribution in [0.5, 0.6) is 0 Å². The van der Waals surface area contributed by atoms with Gasteiger partial charge in [-0.3, -0.25) is 0 Å². The van der Waals surface area contributed by atoms with Gasteiger partial charge in [0.1, 0.15) is 0 Å². The van der Waals surface area contributed by atoms with Gasteiger partial charge in [-0.25, -0.2) is 0 Å². The Bertz CT molecular complexity index is 254. The number of ether oxygens (including phenoxy) is 1. The van der Waals surface area contributed by atoms with Crippen LogP contribution < -0.4 is 0 Å². The summed E-state index contributed by atoms with van der Waals surface area (Å²) in [5.74, 6) is 0.691. The third kappa shape index (κ3) is 1.52. The molecule has 1 aliphatic heterocycles. The zero-order chi connectivity index (χ0) is 10.4. The molecule has 2 rings (SSSR count). The second-order valence-corrected chi connectivity index (χ2v) is 5.84. The Balaban J connectivity index is 2.29. The van der Waals surface area contributed by atoms with Gasteiger partial charge in [-0.05, 0) is 44.4 Å². The van der Waals surface area contributed by atoms with Crippen LogP contribution in [0, 0.1) is 11.3 Å². The van der Waals surface area contributed by atoms with Crippen LogP contribution in [0.15, 0.2) is 12.2 Å². The fourth-order valence-corrected chi connectivity index (χ4v) is 3.32. The minimum absolute atomic E-state index is 0.000579. The quantitative estimate of drug-likeness (QED) is 0.536. The van der Waals surface area contributed by atoms with Crippen molar-refractivity contribution in [1.82, 2.24) is 0 Å². The van der Waals surface area contributed by atoms with Crippen molar-refractivity contribution in [2.75, 3.05) is 0 Å². The van der Waals surface area contributed by atoms with Gasteiger partial charge in [0.15, 0.2) is 0 Å². The summed E-state index contributed by atoms with van der Waals surface area (Å²) in [7, 11) is 0. The molecule has 0 aromatic heterocycles. The van der Waals surface area contributed by atoms with Crippen LogP contribution in [0.4, 0.5) is 0 Å². The summed E-state index contributed by atoms with van der Waals surface area (Å²) < 4.78 is 6.13. The molecule has 0 bridgehead atoms. The van der Waals surface area contributed by atoms with E-state index in [1.165, 1.54) is 19.3 Å². The molecule has 0 spiro atoms. The van der Waals surface area contributed by atoms with Gasteiger partial charge in [-0.15, -0.1) is 0 Å². The number of fused-ring (bicyclic) bond motifs is 1. The lowest BCUT2D eigenvalue weighted by atomic mass is 9.62. The zero-order valence-corrected chi connectivity index (χ0v) is 9.84. The predicted molar refractivity (Wildman–Crippen MR) is 59.2 cm³/mol. The lowest BCUT2D eigenvalue weighted by molar-refractivity contribution is -0.150. The average molecular weight is 194 g/mol. The van der Waals surface area contributed by atoms with Gasteiger partial charge in [-0.1, -0.05) is 26.0 Å². The molecule has 0 aromatic carbocycles. The molecule has 1 aliphatic carbocycles. The molecule has 0 aromatic rings. The predicted octanol–water partition coefficient (Wildman–Crippen LogP) is 3.55. The van der Waals surface area contributed by atoms with Gasteiger partial charge in [-0.2, -0.15) is 0 Å². The molecule has 3 atom stereocenters. The van der Waals surface area contributed by atoms with E-state index >= 15 is 0 Å². The Morgan fingerprint density at radius 1 is 1.21 bits per heavy atom. The van der Waals surface area contributed by atoms with E-state index in [0.29, 0.717) is 17.4 Å². The van der Waals surface area contributed by atoms with Crippen molar-refractivity contribution in [3.8, 4) is 0 Å². The molecule has 0 saturated carbocycles. The summed E-state index contributed by atoms with van der Waals surface area (Å²) in [4.78, 5) is 0. The number of hydrogen-bond acceptors (Lipinski definition) is 1. The molecule has 0 unspecified atom stereocenters. The Hall–Kier alpha value is -0.300. The molecule has 1 heteroatoms. The summed E-state index contributed by atoms with van der Waals surface area (Å²) >= 11 is 0. The number of hydrogen-bond donors (Lipinski definition) is 0. The molecule has 0 radical (unpaired) electrons. The fourth-order valence-electron chi connectivity index (χ4n) is 3.32. The molecular weight excluding hydrogens is 172 g/mol. The Kier molecular flexibility index (Phi) is 2.26. The summed E-state index contributed by atoms with van der Waals surface area (Å²) in [6, 6.07) is 0. The van der Waals surface area contributed by atoms with Crippen LogP contribution in [-0.2, 0) is 4.74 Å². The molecule has 1 saturated heterocycles. The van der Waals surface area contributed by atoms with Crippen molar-refractivity contribution in [3.05, 3.63) is 12.2 Å². The smallest absolute Gasteiger partial charge is 0.0871 e. The van der Waals surface area contributed by atoms with Crippen LogP contribution in [0.1, 0.15) is 47.0 Å². The fraction of sp³-hybridized carbons (Fsp3) is 0.846. The lowest BCUT2D eigenvalue weighted by Crippen LogP contribution is -2.51. The largest absolute Gasteiger partial charge is 0.368 e. The van der Waals surface area contributed by atoms with Gasteiger partial charge < -0.3 is 4.74 Å². The standard InChI is InChI=1S/C13H22O/c1-10-6-7-11-12(2,3)8-5-9-13(11,4)14-10/h5,9-11H,6-8H2,1-4H3/t10-,11+,13-/m1/s1. The summed E-state index contributed by atoms with van der Waals surface area (Å²) in [5.41, 5.74) is 0.406. The molecular formula is C13H22O. The monoisotopic (exact) mass is 194 g/mol. The maximum Gasteiger partial charge on any atom is 0.0871 e. The molecule has 1 fully saturated rings. The number of allylic oxidation sites excluding steroid dienone is 1. The maximum absolute atomic E-state index is 6.13. The highest BCUT2D eigenvalue weighted by atomic mass is 16.5. The van der Waals surface area contributed by atoms with Gasteiger partial charge in [0.05, 0.1) is 11.7 Å². The van der Waals surface area contributed by atoms with Crippen LogP contribution >= 0.6 is 0 Å². The van der Waals surface area contributed by atoms with E-state index in [2.05, 4.69) is 39.8 Å². The molecule has 14 heavy (non-hydrogen) atoms. The molecule has 80 valence electrons. The zero-order valence-electron chi connectivity index (χ0n) is 9.84. The third-order valence-corrected chi connectivity index (χ3v) is 4.04. The van der Waals surface area contributed by atoms with Gasteiger partial charge in [0.2, 0.25) is 0 Å². The molecule has 2 aliphatic rings. The van der Waals surface area contributed by atoms with Gasteiger partial charge in [0.25, 0.3) is 0 Å². The van der Waals surface area contributed by atoms with Crippen molar-refractivity contribution in [2.45, 2.75) is 58.7 Å². The summed E-state index contributed by atoms with van der Waals surface area (Å²) in [6.07, 6.45) is 8.75. The first-order chi connectivity index (χ1) is 6.44. The van der Waals surface area contributed by atoms with Crippen LogP contribution in [0.25, 0.3) is 0 Å². The molecule has 1 heterocycles. The summed E-state index contributed by atoms with van der Waals surface area (Å²) in [6.45, 7) is 9.19. The summed E-state index contributed by atoms with van der Waals surface area (Å²) in [5, 5.41) is 0. The minimum atomic E-state index is -0.000579. The van der Waals surface area contributed by atoms with Gasteiger partial charge in [0, 0.05) is 0 Å². The Morgan fingerprint density at radius 2 is 1.93 bits per heavy atom. The van der Waals surface area contributed by atoms with Gasteiger partial charge >= 0.3 is 0 Å². The van der Waals surface area contributed by atoms with Crippen molar-refractivity contribution in [3.63, 3.8) is 0 Å². The molecule has 1 nitrogen and oxygen atoms in total. The van der Waals surface area contributed by atoms with Crippen LogP contribution in [0.2, 0.25) is 0 Å². The minimum Gasteiger partial charge on any atom is -0.368 e. The second kappa shape index (κ2) is 3.10. The van der Waals surface area contributed by atoms with Crippen LogP contribution in [-0.4, -0.2) is 11.7 Å². The average Bonchev–Trinajstić information content (AvgIpc) is 2.00. The van der Waals surface area contributed by atoms with E-state index in [1.807, 2.05) is 0 Å². The number of rotatable bonds is 0. The molecule has 0 N–H and O–H groups in total. The highest BCUT2D eigenvalue weighted by molar-refractivity contribution is 5.14. The highest BCUT2D eigenvalue weighted by Crippen LogP contribution is 2.49. The first kappa shape index (κ1) is 10.2. The van der Waals surface area contributed by atoms with E-state index in [4.69, 9.17) is 4.74 Å². The van der Waals surface area contributed by atoms with E-state index in [9.17, 15) is 0 Å². The van der Waals surface area contributed by atoms with Crippen molar-refractivity contribution < 1.29 is 4.74 Å². The van der Waals surface area contributed by atoms with E-state index in [1.54, 1.807) is 0 Å². The first-order valence-electron chi connectivity index (χ1n) is 5.79. The first-order valence-corrected chi connectivity index (χ1v) is 5.79. The van der Waals surface area contributed by atoms with Crippen molar-refractivity contribution >= 4 is 0 Å². The second-order valence-electron chi connectivity index (χ2n) is 5.84.